The van der Waals surface area contributed by atoms with Gasteiger partial charge in [0.2, 0.25) is 11.5 Å². The molecular weight excluding hydrogens is 432 g/mol. The molecule has 172 valence electrons. The maximum atomic E-state index is 13.1. The lowest BCUT2D eigenvalue weighted by Crippen LogP contribution is -2.58. The predicted octanol–water partition coefficient (Wildman–Crippen LogP) is 5.36. The fourth-order valence-electron chi connectivity index (χ4n) is 5.02. The van der Waals surface area contributed by atoms with Crippen molar-refractivity contribution in [2.75, 3.05) is 19.1 Å². The van der Waals surface area contributed by atoms with E-state index in [9.17, 15) is 14.9 Å². The number of hydrogen-bond acceptors (Lipinski definition) is 6. The molecule has 7 nitrogen and oxygen atoms in total. The van der Waals surface area contributed by atoms with Crippen LogP contribution in [0.25, 0.3) is 6.08 Å². The Bertz CT molecular complexity index is 1360. The summed E-state index contributed by atoms with van der Waals surface area (Å²) in [7, 11) is 3.37. The Labute approximate surface area is 197 Å². The van der Waals surface area contributed by atoms with Gasteiger partial charge >= 0.3 is 5.69 Å². The van der Waals surface area contributed by atoms with E-state index in [0.29, 0.717) is 22.4 Å². The number of carbonyl (C=O) groups excluding carboxylic acids is 1. The van der Waals surface area contributed by atoms with Crippen LogP contribution in [0.2, 0.25) is 0 Å². The highest BCUT2D eigenvalue weighted by Crippen LogP contribution is 2.56. The highest BCUT2D eigenvalue weighted by atomic mass is 16.6. The van der Waals surface area contributed by atoms with Crippen molar-refractivity contribution in [1.82, 2.24) is 0 Å². The van der Waals surface area contributed by atoms with Crippen LogP contribution in [0.15, 0.2) is 66.7 Å². The van der Waals surface area contributed by atoms with Gasteiger partial charge in [0.05, 0.1) is 23.5 Å². The van der Waals surface area contributed by atoms with E-state index in [1.165, 1.54) is 13.2 Å². The minimum Gasteiger partial charge on any atom is -0.496 e. The number of nitro benzene ring substituents is 1. The van der Waals surface area contributed by atoms with Gasteiger partial charge in [-0.25, -0.2) is 0 Å². The number of carbonyl (C=O) groups is 1. The molecule has 3 aromatic rings. The van der Waals surface area contributed by atoms with Crippen LogP contribution in [0.5, 0.6) is 11.5 Å². The van der Waals surface area contributed by atoms with Crippen LogP contribution in [-0.4, -0.2) is 30.6 Å². The molecule has 0 fully saturated rings. The summed E-state index contributed by atoms with van der Waals surface area (Å²) >= 11 is 0. The Balaban J connectivity index is 1.61. The maximum absolute atomic E-state index is 13.1. The molecule has 0 saturated heterocycles. The first-order valence-corrected chi connectivity index (χ1v) is 10.9. The van der Waals surface area contributed by atoms with Crippen molar-refractivity contribution in [3.63, 3.8) is 0 Å². The molecule has 0 bridgehead atoms. The summed E-state index contributed by atoms with van der Waals surface area (Å²) in [5, 5.41) is 11.9. The molecule has 0 aromatic heterocycles. The molecule has 2 aliphatic heterocycles. The van der Waals surface area contributed by atoms with E-state index in [-0.39, 0.29) is 17.2 Å². The van der Waals surface area contributed by atoms with Crippen LogP contribution < -0.4 is 14.4 Å². The minimum absolute atomic E-state index is 0.0593. The molecule has 0 amide bonds. The highest BCUT2D eigenvalue weighted by Gasteiger charge is 2.58. The van der Waals surface area contributed by atoms with Gasteiger partial charge in [0, 0.05) is 29.4 Å². The van der Waals surface area contributed by atoms with E-state index < -0.39 is 16.1 Å². The van der Waals surface area contributed by atoms with Crippen molar-refractivity contribution in [2.45, 2.75) is 25.0 Å². The van der Waals surface area contributed by atoms with Crippen LogP contribution in [0, 0.1) is 10.1 Å². The first-order chi connectivity index (χ1) is 16.2. The molecule has 3 aromatic carbocycles. The van der Waals surface area contributed by atoms with Gasteiger partial charge in [-0.05, 0) is 55.8 Å². The van der Waals surface area contributed by atoms with Crippen molar-refractivity contribution in [3.8, 4) is 11.5 Å². The summed E-state index contributed by atoms with van der Waals surface area (Å²) in [4.78, 5) is 26.5. The smallest absolute Gasteiger partial charge is 0.315 e. The van der Waals surface area contributed by atoms with Crippen molar-refractivity contribution in [3.05, 3.63) is 99.1 Å². The lowest BCUT2D eigenvalue weighted by atomic mass is 9.75. The van der Waals surface area contributed by atoms with Crippen LogP contribution >= 0.6 is 0 Å². The summed E-state index contributed by atoms with van der Waals surface area (Å²) in [6.07, 6.45) is 3.77. The van der Waals surface area contributed by atoms with Gasteiger partial charge < -0.3 is 14.4 Å². The monoisotopic (exact) mass is 456 g/mol. The lowest BCUT2D eigenvalue weighted by Gasteiger charge is -2.45. The molecule has 7 heteroatoms. The standard InChI is InChI=1S/C27H24N2O5/c1-26(2)21-15-18(24(30)17-8-6-5-7-9-17)10-11-22(21)28(3)27(26)13-12-19-14-20(33-4)16-23(29(31)32)25(19)34-27/h5-16H,1-4H3. The Morgan fingerprint density at radius 2 is 1.79 bits per heavy atom. The van der Waals surface area contributed by atoms with Gasteiger partial charge in [-0.3, -0.25) is 14.9 Å². The van der Waals surface area contributed by atoms with E-state index in [4.69, 9.17) is 9.47 Å². The molecule has 0 N–H and O–H groups in total. The molecule has 34 heavy (non-hydrogen) atoms. The first kappa shape index (κ1) is 21.7. The molecule has 5 rings (SSSR count). The van der Waals surface area contributed by atoms with Gasteiger partial charge in [-0.1, -0.05) is 30.3 Å². The first-order valence-electron chi connectivity index (χ1n) is 10.9. The van der Waals surface area contributed by atoms with Gasteiger partial charge in [0.1, 0.15) is 5.75 Å². The number of fused-ring (bicyclic) bond motifs is 2. The third-order valence-corrected chi connectivity index (χ3v) is 6.97. The predicted molar refractivity (Wildman–Crippen MR) is 130 cm³/mol. The number of benzene rings is 3. The zero-order valence-corrected chi connectivity index (χ0v) is 19.4. The molecule has 1 atom stereocenters. The normalized spacial score (nSPS) is 19.4. The molecule has 2 heterocycles. The largest absolute Gasteiger partial charge is 0.496 e. The summed E-state index contributed by atoms with van der Waals surface area (Å²) in [6, 6.07) is 17.9. The van der Waals surface area contributed by atoms with Crippen LogP contribution in [0.4, 0.5) is 11.4 Å². The van der Waals surface area contributed by atoms with Crippen LogP contribution in [-0.2, 0) is 5.41 Å². The van der Waals surface area contributed by atoms with Crippen molar-refractivity contribution in [2.24, 2.45) is 0 Å². The van der Waals surface area contributed by atoms with E-state index >= 15 is 0 Å². The van der Waals surface area contributed by atoms with E-state index in [0.717, 1.165) is 11.3 Å². The van der Waals surface area contributed by atoms with Crippen molar-refractivity contribution >= 4 is 23.2 Å². The van der Waals surface area contributed by atoms with Crippen molar-refractivity contribution < 1.29 is 19.2 Å². The Kier molecular flexibility index (Phi) is 4.75. The molecule has 0 saturated carbocycles. The fourth-order valence-corrected chi connectivity index (χ4v) is 5.02. The van der Waals surface area contributed by atoms with Crippen molar-refractivity contribution in [1.29, 1.82) is 0 Å². The summed E-state index contributed by atoms with van der Waals surface area (Å²) in [5.74, 6) is 0.527. The molecule has 2 aliphatic rings. The van der Waals surface area contributed by atoms with E-state index in [2.05, 4.69) is 0 Å². The third kappa shape index (κ3) is 2.93. The number of nitrogens with zero attached hydrogens (tertiary/aromatic N) is 2. The average molecular weight is 456 g/mol. The molecule has 0 radical (unpaired) electrons. The summed E-state index contributed by atoms with van der Waals surface area (Å²) in [5.41, 5.74) is 1.81. The number of methoxy groups -OCH3 is 1. The Hall–Kier alpha value is -4.13. The second-order valence-electron chi connectivity index (χ2n) is 9.06. The molecule has 1 unspecified atom stereocenters. The van der Waals surface area contributed by atoms with Gasteiger partial charge in [0.25, 0.3) is 0 Å². The average Bonchev–Trinajstić information content (AvgIpc) is 3.01. The lowest BCUT2D eigenvalue weighted by molar-refractivity contribution is -0.386. The van der Waals surface area contributed by atoms with Gasteiger partial charge in [0.15, 0.2) is 5.78 Å². The van der Waals surface area contributed by atoms with Gasteiger partial charge in [-0.15, -0.1) is 0 Å². The fraction of sp³-hybridized carbons (Fsp3) is 0.222. The summed E-state index contributed by atoms with van der Waals surface area (Å²) < 4.78 is 11.8. The highest BCUT2D eigenvalue weighted by molar-refractivity contribution is 6.09. The van der Waals surface area contributed by atoms with Gasteiger partial charge in [-0.2, -0.15) is 0 Å². The number of likely N-dealkylation sites (N-methyl/N-ethyl adjacent to an activating group) is 1. The number of rotatable bonds is 4. The Morgan fingerprint density at radius 1 is 1.06 bits per heavy atom. The number of ether oxygens (including phenoxy) is 2. The van der Waals surface area contributed by atoms with E-state index in [1.54, 1.807) is 18.2 Å². The maximum Gasteiger partial charge on any atom is 0.315 e. The Morgan fingerprint density at radius 3 is 2.47 bits per heavy atom. The topological polar surface area (TPSA) is 81.9 Å². The number of ketones is 1. The molecule has 0 aliphatic carbocycles. The summed E-state index contributed by atoms with van der Waals surface area (Å²) in [6.45, 7) is 4.05. The number of nitro groups is 1. The molecular formula is C27H24N2O5. The third-order valence-electron chi connectivity index (χ3n) is 6.97. The number of anilines is 1. The SMILES string of the molecule is COc1cc2c(c([N+](=O)[O-])c1)OC1(C=C2)N(C)c2ccc(C(=O)c3ccccc3)cc2C1(C)C. The second-order valence-corrected chi connectivity index (χ2v) is 9.06. The minimum atomic E-state index is -1.02. The quantitative estimate of drug-likeness (QED) is 0.298. The van der Waals surface area contributed by atoms with Crippen LogP contribution in [0.3, 0.4) is 0 Å². The van der Waals surface area contributed by atoms with Crippen LogP contribution in [0.1, 0.15) is 40.9 Å². The molecule has 1 spiro atoms. The zero-order valence-electron chi connectivity index (χ0n) is 19.4. The number of hydrogen-bond donors (Lipinski definition) is 0. The zero-order chi connectivity index (χ0) is 24.3. The second kappa shape index (κ2) is 7.45. The van der Waals surface area contributed by atoms with E-state index in [1.807, 2.05) is 74.3 Å².